The maximum atomic E-state index is 12.7. The van der Waals surface area contributed by atoms with E-state index in [4.69, 9.17) is 4.74 Å². The van der Waals surface area contributed by atoms with E-state index < -0.39 is 5.60 Å². The van der Waals surface area contributed by atoms with Crippen LogP contribution in [0.3, 0.4) is 0 Å². The van der Waals surface area contributed by atoms with Crippen molar-refractivity contribution in [2.75, 3.05) is 26.2 Å². The first-order valence-corrected chi connectivity index (χ1v) is 9.55. The summed E-state index contributed by atoms with van der Waals surface area (Å²) in [6, 6.07) is 6.65. The summed E-state index contributed by atoms with van der Waals surface area (Å²) in [5.74, 6) is -0.274. The van der Waals surface area contributed by atoms with Gasteiger partial charge in [0.15, 0.2) is 0 Å². The Morgan fingerprint density at radius 3 is 1.75 bits per heavy atom. The number of amides is 3. The molecule has 7 heteroatoms. The fraction of sp³-hybridized carbons (Fsp3) is 0.571. The largest absolute Gasteiger partial charge is 0.444 e. The molecule has 28 heavy (non-hydrogen) atoms. The van der Waals surface area contributed by atoms with Gasteiger partial charge >= 0.3 is 6.09 Å². The average Bonchev–Trinajstić information content (AvgIpc) is 2.58. The lowest BCUT2D eigenvalue weighted by atomic mass is 10.1. The molecule has 1 aromatic rings. The molecule has 154 valence electrons. The fourth-order valence-electron chi connectivity index (χ4n) is 2.78. The Labute approximate surface area is 167 Å². The Morgan fingerprint density at radius 2 is 1.29 bits per heavy atom. The fourth-order valence-corrected chi connectivity index (χ4v) is 2.78. The second-order valence-corrected chi connectivity index (χ2v) is 9.04. The normalized spacial score (nSPS) is 15.2. The van der Waals surface area contributed by atoms with Gasteiger partial charge < -0.3 is 19.9 Å². The standard InChI is InChI=1S/C21H31N3O4/c1-20(2,3)22-17(25)15-7-9-16(10-8-15)18(26)23-11-13-24(14-12-23)19(27)28-21(4,5)6/h7-10H,11-14H2,1-6H3,(H,22,25). The molecule has 7 nitrogen and oxygen atoms in total. The Morgan fingerprint density at radius 1 is 0.821 bits per heavy atom. The third kappa shape index (κ3) is 6.25. The smallest absolute Gasteiger partial charge is 0.410 e. The first-order valence-electron chi connectivity index (χ1n) is 9.55. The summed E-state index contributed by atoms with van der Waals surface area (Å²) in [5, 5.41) is 2.90. The van der Waals surface area contributed by atoms with E-state index in [0.717, 1.165) is 0 Å². The topological polar surface area (TPSA) is 79.0 Å². The van der Waals surface area contributed by atoms with E-state index in [1.807, 2.05) is 41.5 Å². The molecule has 0 radical (unpaired) electrons. The van der Waals surface area contributed by atoms with E-state index in [1.54, 1.807) is 34.1 Å². The van der Waals surface area contributed by atoms with Crippen molar-refractivity contribution < 1.29 is 19.1 Å². The second kappa shape index (κ2) is 8.20. The van der Waals surface area contributed by atoms with Crippen LogP contribution in [0.15, 0.2) is 24.3 Å². The van der Waals surface area contributed by atoms with Crippen molar-refractivity contribution in [2.24, 2.45) is 0 Å². The van der Waals surface area contributed by atoms with E-state index in [9.17, 15) is 14.4 Å². The van der Waals surface area contributed by atoms with Crippen molar-refractivity contribution >= 4 is 17.9 Å². The molecule has 1 aliphatic heterocycles. The Bertz CT molecular complexity index is 722. The van der Waals surface area contributed by atoms with E-state index in [2.05, 4.69) is 5.32 Å². The highest BCUT2D eigenvalue weighted by molar-refractivity contribution is 5.98. The number of carbonyl (C=O) groups is 3. The van der Waals surface area contributed by atoms with Gasteiger partial charge in [0.2, 0.25) is 0 Å². The lowest BCUT2D eigenvalue weighted by Gasteiger charge is -2.35. The van der Waals surface area contributed by atoms with E-state index in [-0.39, 0.29) is 23.4 Å². The van der Waals surface area contributed by atoms with Crippen LogP contribution < -0.4 is 5.32 Å². The first kappa shape index (κ1) is 21.7. The van der Waals surface area contributed by atoms with Crippen LogP contribution in [0.4, 0.5) is 4.79 Å². The van der Waals surface area contributed by atoms with Crippen LogP contribution in [0.25, 0.3) is 0 Å². The van der Waals surface area contributed by atoms with Gasteiger partial charge in [-0.25, -0.2) is 4.79 Å². The molecule has 0 bridgehead atoms. The van der Waals surface area contributed by atoms with Crippen LogP contribution in [0.1, 0.15) is 62.3 Å². The Kier molecular flexibility index (Phi) is 6.37. The number of piperazine rings is 1. The quantitative estimate of drug-likeness (QED) is 0.844. The van der Waals surface area contributed by atoms with Crippen LogP contribution in [0.2, 0.25) is 0 Å². The molecule has 1 aliphatic rings. The molecule has 3 amide bonds. The molecule has 1 saturated heterocycles. The summed E-state index contributed by atoms with van der Waals surface area (Å²) in [6.45, 7) is 13.0. The number of nitrogens with zero attached hydrogens (tertiary/aromatic N) is 2. The van der Waals surface area contributed by atoms with Gasteiger partial charge in [0.1, 0.15) is 5.60 Å². The number of carbonyl (C=O) groups excluding carboxylic acids is 3. The number of rotatable bonds is 2. The van der Waals surface area contributed by atoms with Crippen LogP contribution in [0, 0.1) is 0 Å². The zero-order valence-electron chi connectivity index (χ0n) is 17.7. The minimum atomic E-state index is -0.537. The van der Waals surface area contributed by atoms with Crippen molar-refractivity contribution in [3.05, 3.63) is 35.4 Å². The maximum absolute atomic E-state index is 12.7. The zero-order valence-corrected chi connectivity index (χ0v) is 17.7. The maximum Gasteiger partial charge on any atom is 0.410 e. The van der Waals surface area contributed by atoms with Crippen LogP contribution in [-0.2, 0) is 4.74 Å². The summed E-state index contributed by atoms with van der Waals surface area (Å²) >= 11 is 0. The monoisotopic (exact) mass is 389 g/mol. The van der Waals surface area contributed by atoms with Gasteiger partial charge in [-0.15, -0.1) is 0 Å². The van der Waals surface area contributed by atoms with Gasteiger partial charge in [0, 0.05) is 42.8 Å². The van der Waals surface area contributed by atoms with Crippen LogP contribution in [0.5, 0.6) is 0 Å². The number of nitrogens with one attached hydrogen (secondary N) is 1. The summed E-state index contributed by atoms with van der Waals surface area (Å²) in [5.41, 5.74) is 0.184. The molecule has 2 rings (SSSR count). The van der Waals surface area contributed by atoms with Crippen molar-refractivity contribution in [1.82, 2.24) is 15.1 Å². The summed E-state index contributed by atoms with van der Waals surface area (Å²) in [7, 11) is 0. The minimum absolute atomic E-state index is 0.105. The van der Waals surface area contributed by atoms with E-state index in [0.29, 0.717) is 37.3 Å². The van der Waals surface area contributed by atoms with Crippen molar-refractivity contribution in [2.45, 2.75) is 52.7 Å². The molecule has 1 fully saturated rings. The SMILES string of the molecule is CC(C)(C)NC(=O)c1ccc(C(=O)N2CCN(C(=O)OC(C)(C)C)CC2)cc1. The molecule has 0 saturated carbocycles. The number of hydrogen-bond donors (Lipinski definition) is 1. The lowest BCUT2D eigenvalue weighted by Crippen LogP contribution is -2.51. The van der Waals surface area contributed by atoms with Gasteiger partial charge in [-0.2, -0.15) is 0 Å². The van der Waals surface area contributed by atoms with Gasteiger partial charge in [-0.3, -0.25) is 9.59 Å². The van der Waals surface area contributed by atoms with Gasteiger partial charge in [0.25, 0.3) is 11.8 Å². The van der Waals surface area contributed by atoms with E-state index >= 15 is 0 Å². The highest BCUT2D eigenvalue weighted by atomic mass is 16.6. The van der Waals surface area contributed by atoms with Gasteiger partial charge in [0.05, 0.1) is 0 Å². The first-order chi connectivity index (χ1) is 12.9. The molecule has 0 atom stereocenters. The number of hydrogen-bond acceptors (Lipinski definition) is 4. The number of benzene rings is 1. The van der Waals surface area contributed by atoms with Gasteiger partial charge in [-0.05, 0) is 65.8 Å². The Hall–Kier alpha value is -2.57. The highest BCUT2D eigenvalue weighted by Crippen LogP contribution is 2.14. The predicted octanol–water partition coefficient (Wildman–Crippen LogP) is 2.91. The zero-order chi connectivity index (χ0) is 21.1. The number of ether oxygens (including phenoxy) is 1. The lowest BCUT2D eigenvalue weighted by molar-refractivity contribution is 0.0141. The molecule has 0 spiro atoms. The Balaban J connectivity index is 1.93. The second-order valence-electron chi connectivity index (χ2n) is 9.04. The molecule has 0 unspecified atom stereocenters. The predicted molar refractivity (Wildman–Crippen MR) is 107 cm³/mol. The van der Waals surface area contributed by atoms with E-state index in [1.165, 1.54) is 0 Å². The van der Waals surface area contributed by atoms with Crippen LogP contribution >= 0.6 is 0 Å². The van der Waals surface area contributed by atoms with Crippen molar-refractivity contribution in [3.8, 4) is 0 Å². The molecular formula is C21H31N3O4. The molecule has 1 heterocycles. The minimum Gasteiger partial charge on any atom is -0.444 e. The summed E-state index contributed by atoms with van der Waals surface area (Å²) in [4.78, 5) is 40.3. The van der Waals surface area contributed by atoms with Gasteiger partial charge in [-0.1, -0.05) is 0 Å². The molecule has 0 aliphatic carbocycles. The highest BCUT2D eigenvalue weighted by Gasteiger charge is 2.28. The van der Waals surface area contributed by atoms with Crippen molar-refractivity contribution in [3.63, 3.8) is 0 Å². The van der Waals surface area contributed by atoms with Crippen molar-refractivity contribution in [1.29, 1.82) is 0 Å². The molecule has 1 aromatic carbocycles. The molecular weight excluding hydrogens is 358 g/mol. The molecule has 1 N–H and O–H groups in total. The molecule has 0 aromatic heterocycles. The average molecular weight is 389 g/mol. The third-order valence-corrected chi connectivity index (χ3v) is 4.10. The summed E-state index contributed by atoms with van der Waals surface area (Å²) < 4.78 is 5.37. The third-order valence-electron chi connectivity index (χ3n) is 4.10. The summed E-state index contributed by atoms with van der Waals surface area (Å²) in [6.07, 6.45) is -0.353. The van der Waals surface area contributed by atoms with Crippen LogP contribution in [-0.4, -0.2) is 65.0 Å².